The van der Waals surface area contributed by atoms with Crippen molar-refractivity contribution in [2.75, 3.05) is 31.3 Å². The van der Waals surface area contributed by atoms with Gasteiger partial charge in [0.2, 0.25) is 10.0 Å². The van der Waals surface area contributed by atoms with Crippen molar-refractivity contribution in [2.45, 2.75) is 38.4 Å². The molecule has 1 heterocycles. The van der Waals surface area contributed by atoms with Gasteiger partial charge in [0.1, 0.15) is 0 Å². The number of hydrogen-bond donors (Lipinski definition) is 1. The molecule has 1 aliphatic heterocycles. The van der Waals surface area contributed by atoms with Crippen LogP contribution in [0.1, 0.15) is 26.7 Å². The van der Waals surface area contributed by atoms with E-state index in [9.17, 15) is 8.42 Å². The Morgan fingerprint density at radius 3 is 2.67 bits per heavy atom. The number of hydrogen-bond acceptors (Lipinski definition) is 4. The summed E-state index contributed by atoms with van der Waals surface area (Å²) in [7, 11) is -3.29. The lowest BCUT2D eigenvalue weighted by atomic mass is 10.1. The molecule has 0 aliphatic carbocycles. The van der Waals surface area contributed by atoms with E-state index in [0.29, 0.717) is 25.3 Å². The van der Waals surface area contributed by atoms with Crippen molar-refractivity contribution in [3.63, 3.8) is 0 Å². The molecular formula is C11H22ClNO4S. The quantitative estimate of drug-likeness (QED) is 0.582. The van der Waals surface area contributed by atoms with E-state index in [1.165, 1.54) is 4.31 Å². The van der Waals surface area contributed by atoms with Crippen LogP contribution in [0.2, 0.25) is 0 Å². The van der Waals surface area contributed by atoms with Crippen LogP contribution in [0, 0.1) is 0 Å². The number of sulfonamides is 1. The molecule has 0 aromatic carbocycles. The molecule has 108 valence electrons. The SMILES string of the molecule is CC1(C)CN(S(=O)(=O)CCCCCl)CC(CO)O1. The van der Waals surface area contributed by atoms with E-state index >= 15 is 0 Å². The third-order valence-corrected chi connectivity index (χ3v) is 4.97. The molecule has 7 heteroatoms. The van der Waals surface area contributed by atoms with Crippen molar-refractivity contribution in [1.82, 2.24) is 4.31 Å². The summed E-state index contributed by atoms with van der Waals surface area (Å²) in [5.41, 5.74) is -0.564. The summed E-state index contributed by atoms with van der Waals surface area (Å²) in [6.07, 6.45) is 0.808. The number of unbranched alkanes of at least 4 members (excludes halogenated alkanes) is 1. The Balaban J connectivity index is 2.68. The van der Waals surface area contributed by atoms with Crippen LogP contribution < -0.4 is 0 Å². The maximum Gasteiger partial charge on any atom is 0.214 e. The highest BCUT2D eigenvalue weighted by molar-refractivity contribution is 7.89. The van der Waals surface area contributed by atoms with Gasteiger partial charge in [-0.25, -0.2) is 8.42 Å². The van der Waals surface area contributed by atoms with E-state index in [1.807, 2.05) is 13.8 Å². The zero-order chi connectivity index (χ0) is 13.8. The van der Waals surface area contributed by atoms with Crippen LogP contribution >= 0.6 is 11.6 Å². The lowest BCUT2D eigenvalue weighted by Gasteiger charge is -2.41. The Kier molecular flexibility index (Phi) is 5.86. The highest BCUT2D eigenvalue weighted by atomic mass is 35.5. The standard InChI is InChI=1S/C11H22ClNO4S/c1-11(2)9-13(7-10(8-14)17-11)18(15,16)6-4-3-5-12/h10,14H,3-9H2,1-2H3. The topological polar surface area (TPSA) is 66.8 Å². The van der Waals surface area contributed by atoms with Crippen LogP contribution in [-0.4, -0.2) is 60.9 Å². The van der Waals surface area contributed by atoms with Gasteiger partial charge in [-0.15, -0.1) is 11.6 Å². The molecule has 0 radical (unpaired) electrons. The van der Waals surface area contributed by atoms with Gasteiger partial charge in [-0.2, -0.15) is 4.31 Å². The molecule has 0 aromatic heterocycles. The molecule has 5 nitrogen and oxygen atoms in total. The van der Waals surface area contributed by atoms with Gasteiger partial charge in [-0.3, -0.25) is 0 Å². The average molecular weight is 300 g/mol. The molecule has 0 aromatic rings. The molecule has 0 spiro atoms. The predicted octanol–water partition coefficient (Wildman–Crippen LogP) is 0.807. The molecule has 0 amide bonds. The minimum atomic E-state index is -3.29. The monoisotopic (exact) mass is 299 g/mol. The van der Waals surface area contributed by atoms with E-state index in [2.05, 4.69) is 0 Å². The van der Waals surface area contributed by atoms with Gasteiger partial charge in [0.25, 0.3) is 0 Å². The second-order valence-corrected chi connectivity index (χ2v) is 7.65. The zero-order valence-electron chi connectivity index (χ0n) is 10.9. The molecular weight excluding hydrogens is 278 g/mol. The van der Waals surface area contributed by atoms with Crippen LogP contribution in [0.3, 0.4) is 0 Å². The van der Waals surface area contributed by atoms with Gasteiger partial charge in [0.05, 0.1) is 24.1 Å². The van der Waals surface area contributed by atoms with Crippen molar-refractivity contribution in [3.8, 4) is 0 Å². The molecule has 1 N–H and O–H groups in total. The van der Waals surface area contributed by atoms with Crippen molar-refractivity contribution in [1.29, 1.82) is 0 Å². The summed E-state index contributed by atoms with van der Waals surface area (Å²) >= 11 is 5.55. The normalized spacial score (nSPS) is 25.2. The summed E-state index contributed by atoms with van der Waals surface area (Å²) in [5.74, 6) is 0.581. The Hall–Kier alpha value is 0.120. The molecule has 1 rings (SSSR count). The zero-order valence-corrected chi connectivity index (χ0v) is 12.5. The molecule has 0 bridgehead atoms. The number of halogens is 1. The number of alkyl halides is 1. The number of ether oxygens (including phenoxy) is 1. The van der Waals surface area contributed by atoms with Crippen molar-refractivity contribution >= 4 is 21.6 Å². The van der Waals surface area contributed by atoms with E-state index < -0.39 is 21.7 Å². The Labute approximate surface area is 114 Å². The molecule has 18 heavy (non-hydrogen) atoms. The minimum absolute atomic E-state index is 0.105. The van der Waals surface area contributed by atoms with E-state index in [-0.39, 0.29) is 18.9 Å². The molecule has 1 unspecified atom stereocenters. The third-order valence-electron chi connectivity index (χ3n) is 2.83. The fraction of sp³-hybridized carbons (Fsp3) is 1.00. The smallest absolute Gasteiger partial charge is 0.214 e. The first kappa shape index (κ1) is 16.2. The van der Waals surface area contributed by atoms with E-state index in [1.54, 1.807) is 0 Å². The van der Waals surface area contributed by atoms with Crippen molar-refractivity contribution in [2.24, 2.45) is 0 Å². The second kappa shape index (κ2) is 6.52. The van der Waals surface area contributed by atoms with Gasteiger partial charge in [-0.1, -0.05) is 0 Å². The minimum Gasteiger partial charge on any atom is -0.394 e. The average Bonchev–Trinajstić information content (AvgIpc) is 2.27. The molecule has 1 fully saturated rings. The van der Waals surface area contributed by atoms with Crippen LogP contribution in [0.4, 0.5) is 0 Å². The predicted molar refractivity (Wildman–Crippen MR) is 71.4 cm³/mol. The fourth-order valence-electron chi connectivity index (χ4n) is 2.06. The Morgan fingerprint density at radius 2 is 2.11 bits per heavy atom. The summed E-state index contributed by atoms with van der Waals surface area (Å²) in [4.78, 5) is 0. The fourth-order valence-corrected chi connectivity index (χ4v) is 3.97. The number of rotatable bonds is 6. The van der Waals surface area contributed by atoms with Gasteiger partial charge >= 0.3 is 0 Å². The molecule has 0 saturated carbocycles. The van der Waals surface area contributed by atoms with Gasteiger partial charge in [0.15, 0.2) is 0 Å². The summed E-state index contributed by atoms with van der Waals surface area (Å²) in [6, 6.07) is 0. The Bertz CT molecular complexity index is 358. The number of aliphatic hydroxyl groups is 1. The van der Waals surface area contributed by atoms with E-state index in [0.717, 1.165) is 0 Å². The van der Waals surface area contributed by atoms with Crippen LogP contribution in [0.15, 0.2) is 0 Å². The summed E-state index contributed by atoms with van der Waals surface area (Å²) in [5, 5.41) is 9.16. The van der Waals surface area contributed by atoms with Crippen molar-refractivity contribution < 1.29 is 18.3 Å². The summed E-state index contributed by atoms with van der Waals surface area (Å²) in [6.45, 7) is 4.04. The maximum atomic E-state index is 12.2. The Morgan fingerprint density at radius 1 is 1.44 bits per heavy atom. The number of nitrogens with zero attached hydrogens (tertiary/aromatic N) is 1. The van der Waals surface area contributed by atoms with Crippen LogP contribution in [0.25, 0.3) is 0 Å². The maximum absolute atomic E-state index is 12.2. The first-order valence-corrected chi connectivity index (χ1v) is 8.27. The number of morpholine rings is 1. The first-order valence-electron chi connectivity index (χ1n) is 6.13. The highest BCUT2D eigenvalue weighted by Gasteiger charge is 2.38. The van der Waals surface area contributed by atoms with Gasteiger partial charge < -0.3 is 9.84 Å². The summed E-state index contributed by atoms with van der Waals surface area (Å²) < 4.78 is 31.3. The van der Waals surface area contributed by atoms with Crippen LogP contribution in [0.5, 0.6) is 0 Å². The third kappa shape index (κ3) is 4.66. The lowest BCUT2D eigenvalue weighted by molar-refractivity contribution is -0.131. The second-order valence-electron chi connectivity index (χ2n) is 5.19. The first-order chi connectivity index (χ1) is 8.30. The van der Waals surface area contributed by atoms with E-state index in [4.69, 9.17) is 21.4 Å². The number of aliphatic hydroxyl groups excluding tert-OH is 1. The highest BCUT2D eigenvalue weighted by Crippen LogP contribution is 2.23. The molecule has 1 atom stereocenters. The van der Waals surface area contributed by atoms with Crippen molar-refractivity contribution in [3.05, 3.63) is 0 Å². The largest absolute Gasteiger partial charge is 0.394 e. The molecule has 1 aliphatic rings. The molecule has 1 saturated heterocycles. The van der Waals surface area contributed by atoms with Gasteiger partial charge in [0, 0.05) is 19.0 Å². The van der Waals surface area contributed by atoms with Crippen LogP contribution in [-0.2, 0) is 14.8 Å². The lowest BCUT2D eigenvalue weighted by Crippen LogP contribution is -2.55. The van der Waals surface area contributed by atoms with Gasteiger partial charge in [-0.05, 0) is 26.7 Å².